The molecule has 0 spiro atoms. The number of nitrogens with one attached hydrogen (secondary N) is 1. The smallest absolute Gasteiger partial charge is 0.351 e. The minimum Gasteiger partial charge on any atom is -0.382 e. The minimum atomic E-state index is -4.20. The molecule has 0 unspecified atom stereocenters. The lowest BCUT2D eigenvalue weighted by Crippen LogP contribution is -2.24. The van der Waals surface area contributed by atoms with Crippen LogP contribution in [0.15, 0.2) is 28.5 Å². The molecular formula is C11H14BrN2O3P. The van der Waals surface area contributed by atoms with Crippen molar-refractivity contribution in [2.24, 2.45) is 0 Å². The van der Waals surface area contributed by atoms with Gasteiger partial charge in [0.05, 0.1) is 11.5 Å². The molecule has 1 aliphatic rings. The third-order valence-corrected chi connectivity index (χ3v) is 3.81. The van der Waals surface area contributed by atoms with Gasteiger partial charge < -0.3 is 20.0 Å². The van der Waals surface area contributed by atoms with Gasteiger partial charge in [-0.1, -0.05) is 15.9 Å². The third kappa shape index (κ3) is 3.14. The fraction of sp³-hybridized carbons (Fsp3) is 0.273. The molecule has 2 rings (SSSR count). The Bertz CT molecular complexity index is 541. The fourth-order valence-electron chi connectivity index (χ4n) is 1.91. The van der Waals surface area contributed by atoms with E-state index in [-0.39, 0.29) is 0 Å². The number of hydrogen-bond acceptors (Lipinski definition) is 3. The normalized spacial score (nSPS) is 18.2. The number of fused-ring (bicyclic) bond motifs is 1. The third-order valence-electron chi connectivity index (χ3n) is 2.72. The maximum absolute atomic E-state index is 11.1. The highest BCUT2D eigenvalue weighted by molar-refractivity contribution is 9.10. The zero-order valence-corrected chi connectivity index (χ0v) is 12.3. The van der Waals surface area contributed by atoms with Crippen molar-refractivity contribution in [2.75, 3.05) is 25.0 Å². The molecule has 0 saturated carbocycles. The largest absolute Gasteiger partial charge is 0.382 e. The van der Waals surface area contributed by atoms with Crippen molar-refractivity contribution in [3.05, 3.63) is 34.1 Å². The van der Waals surface area contributed by atoms with Crippen LogP contribution in [0.3, 0.4) is 0 Å². The van der Waals surface area contributed by atoms with Gasteiger partial charge in [0.1, 0.15) is 0 Å². The van der Waals surface area contributed by atoms with Crippen molar-refractivity contribution in [2.45, 2.75) is 0 Å². The quantitative estimate of drug-likeness (QED) is 0.686. The first kappa shape index (κ1) is 13.6. The number of anilines is 1. The van der Waals surface area contributed by atoms with Crippen molar-refractivity contribution < 1.29 is 14.4 Å². The van der Waals surface area contributed by atoms with Crippen LogP contribution in [0.2, 0.25) is 0 Å². The summed E-state index contributed by atoms with van der Waals surface area (Å²) in [5.74, 6) is 0.985. The Balaban J connectivity index is 2.57. The number of likely N-dealkylation sites (N-methyl/N-ethyl adjacent to an activating group) is 1. The van der Waals surface area contributed by atoms with Gasteiger partial charge in [0.15, 0.2) is 0 Å². The predicted octanol–water partition coefficient (Wildman–Crippen LogP) is 1.96. The van der Waals surface area contributed by atoms with E-state index in [0.29, 0.717) is 12.2 Å². The molecule has 5 nitrogen and oxygen atoms in total. The number of benzene rings is 1. The molecule has 0 fully saturated rings. The standard InChI is InChI=1S/C11H14BrN2O3P/c1-14-5-4-13-10(7-18(15,16)17)9-3-2-8(12)6-11(9)14/h2-3,6-7,13H,4-5H2,1H3,(H2,15,16,17). The summed E-state index contributed by atoms with van der Waals surface area (Å²) in [4.78, 5) is 20.2. The molecule has 0 bridgehead atoms. The van der Waals surface area contributed by atoms with E-state index in [2.05, 4.69) is 21.2 Å². The van der Waals surface area contributed by atoms with Gasteiger partial charge in [-0.05, 0) is 18.2 Å². The van der Waals surface area contributed by atoms with E-state index in [1.165, 1.54) is 0 Å². The van der Waals surface area contributed by atoms with Crippen molar-refractivity contribution in [3.63, 3.8) is 0 Å². The number of hydrogen-bond donors (Lipinski definition) is 3. The second-order valence-corrected chi connectivity index (χ2v) is 6.49. The Morgan fingerprint density at radius 2 is 2.22 bits per heavy atom. The molecule has 1 aliphatic heterocycles. The second-order valence-electron chi connectivity index (χ2n) is 4.14. The zero-order valence-electron chi connectivity index (χ0n) is 9.80. The van der Waals surface area contributed by atoms with Crippen molar-refractivity contribution in [3.8, 4) is 0 Å². The summed E-state index contributed by atoms with van der Waals surface area (Å²) in [5.41, 5.74) is 2.21. The van der Waals surface area contributed by atoms with Crippen LogP contribution < -0.4 is 10.2 Å². The summed E-state index contributed by atoms with van der Waals surface area (Å²) < 4.78 is 12.1. The van der Waals surface area contributed by atoms with Gasteiger partial charge in [-0.2, -0.15) is 0 Å². The molecule has 1 aromatic rings. The molecule has 0 amide bonds. The zero-order chi connectivity index (χ0) is 13.3. The molecule has 0 saturated heterocycles. The van der Waals surface area contributed by atoms with Gasteiger partial charge in [-0.25, -0.2) is 0 Å². The second kappa shape index (κ2) is 5.05. The van der Waals surface area contributed by atoms with Crippen LogP contribution in [-0.4, -0.2) is 29.9 Å². The van der Waals surface area contributed by atoms with Crippen molar-refractivity contribution in [1.82, 2.24) is 5.32 Å². The average Bonchev–Trinajstić information content (AvgIpc) is 2.38. The Morgan fingerprint density at radius 3 is 2.89 bits per heavy atom. The SMILES string of the molecule is CN1CCNC(=CP(=O)(O)O)c2ccc(Br)cc21. The van der Waals surface area contributed by atoms with Crippen LogP contribution in [0.4, 0.5) is 5.69 Å². The highest BCUT2D eigenvalue weighted by atomic mass is 79.9. The summed E-state index contributed by atoms with van der Waals surface area (Å²) in [6.07, 6.45) is 0. The van der Waals surface area contributed by atoms with E-state index in [0.717, 1.165) is 28.1 Å². The van der Waals surface area contributed by atoms with Crippen LogP contribution in [0.5, 0.6) is 0 Å². The van der Waals surface area contributed by atoms with Crippen LogP contribution in [0, 0.1) is 0 Å². The molecule has 1 heterocycles. The van der Waals surface area contributed by atoms with Crippen molar-refractivity contribution >= 4 is 34.9 Å². The van der Waals surface area contributed by atoms with Gasteiger partial charge in [-0.15, -0.1) is 0 Å². The lowest BCUT2D eigenvalue weighted by Gasteiger charge is -2.18. The van der Waals surface area contributed by atoms with Crippen LogP contribution >= 0.6 is 23.5 Å². The highest BCUT2D eigenvalue weighted by Crippen LogP contribution is 2.41. The van der Waals surface area contributed by atoms with Crippen LogP contribution in [0.1, 0.15) is 5.56 Å². The van der Waals surface area contributed by atoms with E-state index in [4.69, 9.17) is 9.79 Å². The number of rotatable bonds is 1. The molecule has 18 heavy (non-hydrogen) atoms. The van der Waals surface area contributed by atoms with E-state index in [1.807, 2.05) is 30.1 Å². The molecule has 3 N–H and O–H groups in total. The Hall–Kier alpha value is -0.810. The lowest BCUT2D eigenvalue weighted by atomic mass is 10.1. The summed E-state index contributed by atoms with van der Waals surface area (Å²) in [5, 5.41) is 3.06. The molecule has 98 valence electrons. The maximum Gasteiger partial charge on any atom is 0.351 e. The van der Waals surface area contributed by atoms with E-state index in [9.17, 15) is 4.57 Å². The highest BCUT2D eigenvalue weighted by Gasteiger charge is 2.19. The summed E-state index contributed by atoms with van der Waals surface area (Å²) in [7, 11) is -2.24. The van der Waals surface area contributed by atoms with E-state index >= 15 is 0 Å². The molecule has 0 atom stereocenters. The summed E-state index contributed by atoms with van der Waals surface area (Å²) >= 11 is 3.40. The average molecular weight is 333 g/mol. The summed E-state index contributed by atoms with van der Waals surface area (Å²) in [6, 6.07) is 5.64. The molecular weight excluding hydrogens is 319 g/mol. The Labute approximate surface area is 114 Å². The van der Waals surface area contributed by atoms with Gasteiger partial charge in [0.2, 0.25) is 0 Å². The van der Waals surface area contributed by atoms with Crippen LogP contribution in [-0.2, 0) is 4.57 Å². The topological polar surface area (TPSA) is 72.8 Å². The fourth-order valence-corrected chi connectivity index (χ4v) is 2.82. The number of nitrogens with zero attached hydrogens (tertiary/aromatic N) is 1. The van der Waals surface area contributed by atoms with Gasteiger partial charge in [-0.3, -0.25) is 4.57 Å². The van der Waals surface area contributed by atoms with Gasteiger partial charge >= 0.3 is 7.60 Å². The lowest BCUT2D eigenvalue weighted by molar-refractivity contribution is 0.386. The predicted molar refractivity (Wildman–Crippen MR) is 75.4 cm³/mol. The molecule has 0 radical (unpaired) electrons. The molecule has 1 aromatic carbocycles. The van der Waals surface area contributed by atoms with Gasteiger partial charge in [0.25, 0.3) is 0 Å². The van der Waals surface area contributed by atoms with Gasteiger partial charge in [0, 0.05) is 35.9 Å². The summed E-state index contributed by atoms with van der Waals surface area (Å²) in [6.45, 7) is 1.40. The minimum absolute atomic E-state index is 0.482. The molecule has 0 aromatic heterocycles. The first-order valence-electron chi connectivity index (χ1n) is 5.40. The van der Waals surface area contributed by atoms with E-state index in [1.54, 1.807) is 0 Å². The van der Waals surface area contributed by atoms with E-state index < -0.39 is 7.60 Å². The van der Waals surface area contributed by atoms with Crippen LogP contribution in [0.25, 0.3) is 5.70 Å². The number of halogens is 1. The molecule has 7 heteroatoms. The Morgan fingerprint density at radius 1 is 1.50 bits per heavy atom. The first-order valence-corrected chi connectivity index (χ1v) is 7.87. The molecule has 0 aliphatic carbocycles. The Kier molecular flexibility index (Phi) is 3.82. The maximum atomic E-state index is 11.1. The monoisotopic (exact) mass is 332 g/mol. The van der Waals surface area contributed by atoms with Crippen molar-refractivity contribution in [1.29, 1.82) is 0 Å². The first-order chi connectivity index (χ1) is 8.37.